The third-order valence-corrected chi connectivity index (χ3v) is 7.43. The van der Waals surface area contributed by atoms with E-state index in [2.05, 4.69) is 31.9 Å². The van der Waals surface area contributed by atoms with Crippen LogP contribution in [0.25, 0.3) is 0 Å². The van der Waals surface area contributed by atoms with Crippen LogP contribution in [-0.2, 0) is 10.3 Å². The highest BCUT2D eigenvalue weighted by Gasteiger charge is 2.46. The number of aromatic nitrogens is 2. The zero-order valence-electron chi connectivity index (χ0n) is 21.4. The smallest absolute Gasteiger partial charge is 0.319 e. The maximum absolute atomic E-state index is 12.9. The van der Waals surface area contributed by atoms with E-state index in [-0.39, 0.29) is 29.4 Å². The summed E-state index contributed by atoms with van der Waals surface area (Å²) in [4.78, 5) is 36.1. The fourth-order valence-electron chi connectivity index (χ4n) is 5.02. The fourth-order valence-corrected chi connectivity index (χ4v) is 5.15. The van der Waals surface area contributed by atoms with Crippen molar-refractivity contribution in [1.29, 1.82) is 0 Å². The van der Waals surface area contributed by atoms with E-state index < -0.39 is 0 Å². The predicted molar refractivity (Wildman–Crippen MR) is 147 cm³/mol. The summed E-state index contributed by atoms with van der Waals surface area (Å²) in [6.45, 7) is 2.94. The third-order valence-electron chi connectivity index (χ3n) is 7.17. The molecule has 1 aliphatic carbocycles. The van der Waals surface area contributed by atoms with Crippen molar-refractivity contribution >= 4 is 34.9 Å². The van der Waals surface area contributed by atoms with Gasteiger partial charge in [0.05, 0.1) is 36.4 Å². The largest absolute Gasteiger partial charge is 0.495 e. The first-order valence-corrected chi connectivity index (χ1v) is 13.1. The van der Waals surface area contributed by atoms with Gasteiger partial charge < -0.3 is 25.6 Å². The number of nitrogens with one attached hydrogen (secondary N) is 3. The molecule has 3 heterocycles. The standard InChI is InChI=1S/C28H31ClN6O3/c1-18(36)34-28(12-13-28)26-10-7-21(15-31-26)35-14-11-25(23(17-35)24-9-8-22(38-2)16-30-24)33-27(37)32-20-5-3-19(29)4-6-20/h3-10,15-16,23,25H,11-14,17H2,1-2H3,(H,34,36)(H2,32,33,37). The molecule has 2 aromatic heterocycles. The number of amides is 3. The fraction of sp³-hybridized carbons (Fsp3) is 0.357. The number of rotatable bonds is 7. The van der Waals surface area contributed by atoms with E-state index in [9.17, 15) is 9.59 Å². The molecule has 1 aromatic carbocycles. The highest BCUT2D eigenvalue weighted by Crippen LogP contribution is 2.44. The van der Waals surface area contributed by atoms with Crippen LogP contribution in [-0.4, -0.2) is 48.1 Å². The normalized spacial score (nSPS) is 19.8. The Labute approximate surface area is 227 Å². The molecule has 0 bridgehead atoms. The van der Waals surface area contributed by atoms with Crippen molar-refractivity contribution in [3.8, 4) is 5.75 Å². The van der Waals surface area contributed by atoms with Crippen molar-refractivity contribution in [2.24, 2.45) is 0 Å². The molecule has 5 rings (SSSR count). The lowest BCUT2D eigenvalue weighted by molar-refractivity contribution is -0.120. The van der Waals surface area contributed by atoms with Gasteiger partial charge in [-0.1, -0.05) is 11.6 Å². The molecule has 198 valence electrons. The summed E-state index contributed by atoms with van der Waals surface area (Å²) in [5, 5.41) is 9.69. The summed E-state index contributed by atoms with van der Waals surface area (Å²) in [5.74, 6) is 0.580. The van der Waals surface area contributed by atoms with Crippen LogP contribution in [0.3, 0.4) is 0 Å². The number of halogens is 1. The molecule has 38 heavy (non-hydrogen) atoms. The Morgan fingerprint density at radius 3 is 2.45 bits per heavy atom. The van der Waals surface area contributed by atoms with E-state index in [1.807, 2.05) is 24.4 Å². The number of pyridine rings is 2. The van der Waals surface area contributed by atoms with Crippen molar-refractivity contribution in [1.82, 2.24) is 20.6 Å². The summed E-state index contributed by atoms with van der Waals surface area (Å²) in [6, 6.07) is 14.5. The van der Waals surface area contributed by atoms with Gasteiger partial charge >= 0.3 is 6.03 Å². The maximum Gasteiger partial charge on any atom is 0.319 e. The summed E-state index contributed by atoms with van der Waals surface area (Å²) < 4.78 is 5.28. The van der Waals surface area contributed by atoms with Gasteiger partial charge in [0.25, 0.3) is 0 Å². The van der Waals surface area contributed by atoms with Crippen molar-refractivity contribution < 1.29 is 14.3 Å². The minimum atomic E-state index is -0.325. The molecule has 9 nitrogen and oxygen atoms in total. The summed E-state index contributed by atoms with van der Waals surface area (Å²) in [5.41, 5.74) is 3.10. The number of carbonyl (C=O) groups is 2. The van der Waals surface area contributed by atoms with Crippen LogP contribution in [0.15, 0.2) is 60.9 Å². The molecule has 3 N–H and O–H groups in total. The average molecular weight is 535 g/mol. The van der Waals surface area contributed by atoms with E-state index >= 15 is 0 Å². The van der Waals surface area contributed by atoms with E-state index in [1.165, 1.54) is 6.92 Å². The third kappa shape index (κ3) is 5.83. The summed E-state index contributed by atoms with van der Waals surface area (Å²) >= 11 is 5.96. The molecule has 2 aliphatic rings. The van der Waals surface area contributed by atoms with Crippen LogP contribution in [0.4, 0.5) is 16.2 Å². The molecule has 1 saturated carbocycles. The molecule has 2 unspecified atom stereocenters. The van der Waals surface area contributed by atoms with Gasteiger partial charge in [-0.05, 0) is 67.8 Å². The van der Waals surface area contributed by atoms with Gasteiger partial charge in [0.15, 0.2) is 0 Å². The molecular weight excluding hydrogens is 504 g/mol. The zero-order chi connectivity index (χ0) is 26.7. The van der Waals surface area contributed by atoms with Crippen LogP contribution in [0.5, 0.6) is 5.75 Å². The number of anilines is 2. The van der Waals surface area contributed by atoms with E-state index in [4.69, 9.17) is 21.3 Å². The number of carbonyl (C=O) groups excluding carboxylic acids is 2. The summed E-state index contributed by atoms with van der Waals surface area (Å²) in [6.07, 6.45) is 6.10. The molecule has 0 spiro atoms. The predicted octanol–water partition coefficient (Wildman–Crippen LogP) is 4.45. The Kier molecular flexibility index (Phi) is 7.37. The topological polar surface area (TPSA) is 108 Å². The molecule has 1 saturated heterocycles. The molecule has 2 fully saturated rings. The number of methoxy groups -OCH3 is 1. The van der Waals surface area contributed by atoms with Gasteiger partial charge in [0, 0.05) is 48.4 Å². The lowest BCUT2D eigenvalue weighted by atomic mass is 9.88. The minimum absolute atomic E-state index is 0.0436. The van der Waals surface area contributed by atoms with Crippen molar-refractivity contribution in [3.05, 3.63) is 77.3 Å². The van der Waals surface area contributed by atoms with Crippen molar-refractivity contribution in [3.63, 3.8) is 0 Å². The average Bonchev–Trinajstić information content (AvgIpc) is 3.70. The number of nitrogens with zero attached hydrogens (tertiary/aromatic N) is 3. The quantitative estimate of drug-likeness (QED) is 0.413. The Morgan fingerprint density at radius 2 is 1.84 bits per heavy atom. The van der Waals surface area contributed by atoms with Gasteiger partial charge in [-0.2, -0.15) is 0 Å². The number of hydrogen-bond acceptors (Lipinski definition) is 6. The zero-order valence-corrected chi connectivity index (χ0v) is 22.2. The number of urea groups is 1. The Bertz CT molecular complexity index is 1280. The first kappa shape index (κ1) is 25.8. The Morgan fingerprint density at radius 1 is 1.05 bits per heavy atom. The number of ether oxygens (including phenoxy) is 1. The van der Waals surface area contributed by atoms with Gasteiger partial charge in [-0.25, -0.2) is 4.79 Å². The highest BCUT2D eigenvalue weighted by atomic mass is 35.5. The molecule has 3 aromatic rings. The van der Waals surface area contributed by atoms with Crippen molar-refractivity contribution in [2.75, 3.05) is 30.4 Å². The number of hydrogen-bond donors (Lipinski definition) is 3. The second-order valence-electron chi connectivity index (χ2n) is 9.84. The molecule has 10 heteroatoms. The van der Waals surface area contributed by atoms with E-state index in [1.54, 1.807) is 37.6 Å². The molecule has 3 amide bonds. The van der Waals surface area contributed by atoms with Crippen LogP contribution < -0.4 is 25.6 Å². The van der Waals surface area contributed by atoms with Crippen LogP contribution in [0, 0.1) is 0 Å². The van der Waals surface area contributed by atoms with Gasteiger partial charge in [-0.15, -0.1) is 0 Å². The molecule has 2 atom stereocenters. The number of piperidine rings is 1. The first-order chi connectivity index (χ1) is 18.3. The Hall–Kier alpha value is -3.85. The van der Waals surface area contributed by atoms with Crippen molar-refractivity contribution in [2.45, 2.75) is 43.7 Å². The SMILES string of the molecule is COc1ccc(C2CN(c3ccc(C4(NC(C)=O)CC4)nc3)CCC2NC(=O)Nc2ccc(Cl)cc2)nc1. The van der Waals surface area contributed by atoms with E-state index in [0.29, 0.717) is 23.0 Å². The van der Waals surface area contributed by atoms with Crippen LogP contribution in [0.2, 0.25) is 5.02 Å². The highest BCUT2D eigenvalue weighted by molar-refractivity contribution is 6.30. The minimum Gasteiger partial charge on any atom is -0.495 e. The lowest BCUT2D eigenvalue weighted by Crippen LogP contribution is -2.51. The maximum atomic E-state index is 12.9. The molecule has 0 radical (unpaired) electrons. The second-order valence-corrected chi connectivity index (χ2v) is 10.3. The summed E-state index contributed by atoms with van der Waals surface area (Å²) in [7, 11) is 1.61. The van der Waals surface area contributed by atoms with Gasteiger partial charge in [0.1, 0.15) is 5.75 Å². The van der Waals surface area contributed by atoms with Gasteiger partial charge in [0.2, 0.25) is 5.91 Å². The second kappa shape index (κ2) is 10.9. The van der Waals surface area contributed by atoms with Crippen LogP contribution >= 0.6 is 11.6 Å². The Balaban J connectivity index is 1.32. The van der Waals surface area contributed by atoms with Crippen LogP contribution in [0.1, 0.15) is 43.5 Å². The lowest BCUT2D eigenvalue weighted by Gasteiger charge is -2.39. The van der Waals surface area contributed by atoms with Gasteiger partial charge in [-0.3, -0.25) is 14.8 Å². The first-order valence-electron chi connectivity index (χ1n) is 12.7. The molecular formula is C28H31ClN6O3. The van der Waals surface area contributed by atoms with E-state index in [0.717, 1.165) is 42.9 Å². The monoisotopic (exact) mass is 534 g/mol. The molecule has 1 aliphatic heterocycles. The number of benzene rings is 1.